The van der Waals surface area contributed by atoms with E-state index in [-0.39, 0.29) is 0 Å². The molecule has 0 spiro atoms. The smallest absolute Gasteiger partial charge is 0.130 e. The van der Waals surface area contributed by atoms with Crippen molar-refractivity contribution >= 4 is 0 Å². The van der Waals surface area contributed by atoms with E-state index in [0.29, 0.717) is 12.1 Å². The van der Waals surface area contributed by atoms with Crippen molar-refractivity contribution in [2.24, 2.45) is 0 Å². The molecular formula is C13H18F2N2O. The van der Waals surface area contributed by atoms with E-state index in [2.05, 4.69) is 10.2 Å². The lowest BCUT2D eigenvalue weighted by molar-refractivity contribution is 0.0384. The molecule has 1 aliphatic heterocycles. The Hall–Kier alpha value is -1.04. The van der Waals surface area contributed by atoms with Crippen molar-refractivity contribution < 1.29 is 13.5 Å². The van der Waals surface area contributed by atoms with Gasteiger partial charge in [-0.2, -0.15) is 0 Å². The monoisotopic (exact) mass is 256 g/mol. The molecule has 1 aromatic carbocycles. The van der Waals surface area contributed by atoms with Gasteiger partial charge in [0.2, 0.25) is 0 Å². The van der Waals surface area contributed by atoms with Crippen LogP contribution < -0.4 is 5.32 Å². The summed E-state index contributed by atoms with van der Waals surface area (Å²) in [4.78, 5) is 2.30. The van der Waals surface area contributed by atoms with Crippen molar-refractivity contribution in [2.75, 3.05) is 39.4 Å². The summed E-state index contributed by atoms with van der Waals surface area (Å²) in [6.07, 6.45) is 0. The van der Waals surface area contributed by atoms with Crippen LogP contribution >= 0.6 is 0 Å². The first-order chi connectivity index (χ1) is 8.75. The summed E-state index contributed by atoms with van der Waals surface area (Å²) < 4.78 is 31.3. The van der Waals surface area contributed by atoms with Crippen LogP contribution in [0.5, 0.6) is 0 Å². The lowest BCUT2D eigenvalue weighted by Gasteiger charge is -2.26. The number of nitrogens with zero attached hydrogens (tertiary/aromatic N) is 1. The van der Waals surface area contributed by atoms with Crippen molar-refractivity contribution in [3.05, 3.63) is 35.4 Å². The maximum Gasteiger partial charge on any atom is 0.130 e. The Morgan fingerprint density at radius 2 is 2.00 bits per heavy atom. The fraction of sp³-hybridized carbons (Fsp3) is 0.538. The third-order valence-corrected chi connectivity index (χ3v) is 3.04. The normalized spacial score (nSPS) is 17.0. The van der Waals surface area contributed by atoms with Crippen molar-refractivity contribution in [1.29, 1.82) is 0 Å². The van der Waals surface area contributed by atoms with Crippen LogP contribution in [0.1, 0.15) is 5.56 Å². The van der Waals surface area contributed by atoms with Crippen LogP contribution in [-0.4, -0.2) is 44.3 Å². The Labute approximate surface area is 106 Å². The maximum absolute atomic E-state index is 13.3. The second-order valence-corrected chi connectivity index (χ2v) is 4.37. The Morgan fingerprint density at radius 1 is 1.22 bits per heavy atom. The molecule has 0 saturated carbocycles. The van der Waals surface area contributed by atoms with E-state index in [1.54, 1.807) is 0 Å². The number of hydrogen-bond donors (Lipinski definition) is 1. The van der Waals surface area contributed by atoms with Crippen molar-refractivity contribution in [3.63, 3.8) is 0 Å². The molecule has 0 aliphatic carbocycles. The van der Waals surface area contributed by atoms with E-state index >= 15 is 0 Å². The van der Waals surface area contributed by atoms with Gasteiger partial charge in [0.15, 0.2) is 0 Å². The molecule has 100 valence electrons. The van der Waals surface area contributed by atoms with Crippen LogP contribution in [0.2, 0.25) is 0 Å². The predicted molar refractivity (Wildman–Crippen MR) is 65.3 cm³/mol. The van der Waals surface area contributed by atoms with E-state index in [4.69, 9.17) is 4.74 Å². The van der Waals surface area contributed by atoms with Gasteiger partial charge in [-0.1, -0.05) is 6.07 Å². The zero-order valence-electron chi connectivity index (χ0n) is 10.3. The van der Waals surface area contributed by atoms with Crippen molar-refractivity contribution in [3.8, 4) is 0 Å². The van der Waals surface area contributed by atoms with Crippen LogP contribution in [0.3, 0.4) is 0 Å². The van der Waals surface area contributed by atoms with E-state index < -0.39 is 11.6 Å². The third-order valence-electron chi connectivity index (χ3n) is 3.04. The molecule has 1 N–H and O–H groups in total. The number of ether oxygens (including phenoxy) is 1. The van der Waals surface area contributed by atoms with Gasteiger partial charge in [0.25, 0.3) is 0 Å². The van der Waals surface area contributed by atoms with Gasteiger partial charge in [0, 0.05) is 44.4 Å². The molecule has 0 unspecified atom stereocenters. The van der Waals surface area contributed by atoms with E-state index in [1.165, 1.54) is 12.1 Å². The molecule has 1 fully saturated rings. The molecule has 0 atom stereocenters. The average Bonchev–Trinajstić information content (AvgIpc) is 2.38. The lowest BCUT2D eigenvalue weighted by atomic mass is 10.2. The molecule has 0 aromatic heterocycles. The van der Waals surface area contributed by atoms with Gasteiger partial charge in [0.1, 0.15) is 11.6 Å². The van der Waals surface area contributed by atoms with Crippen LogP contribution in [0, 0.1) is 11.6 Å². The lowest BCUT2D eigenvalue weighted by Crippen LogP contribution is -2.40. The summed E-state index contributed by atoms with van der Waals surface area (Å²) in [5.74, 6) is -1.03. The fourth-order valence-electron chi connectivity index (χ4n) is 1.95. The van der Waals surface area contributed by atoms with Gasteiger partial charge in [-0.05, 0) is 6.07 Å². The number of morpholine rings is 1. The minimum Gasteiger partial charge on any atom is -0.379 e. The predicted octanol–water partition coefficient (Wildman–Crippen LogP) is 1.39. The number of nitrogens with one attached hydrogen (secondary N) is 1. The number of halogens is 2. The van der Waals surface area contributed by atoms with Crippen LogP contribution in [-0.2, 0) is 11.3 Å². The first-order valence-electron chi connectivity index (χ1n) is 6.20. The summed E-state index contributed by atoms with van der Waals surface area (Å²) in [7, 11) is 0. The van der Waals surface area contributed by atoms with Crippen LogP contribution in [0.15, 0.2) is 18.2 Å². The summed E-state index contributed by atoms with van der Waals surface area (Å²) >= 11 is 0. The Morgan fingerprint density at radius 3 is 2.72 bits per heavy atom. The molecule has 0 radical (unpaired) electrons. The third kappa shape index (κ3) is 4.01. The van der Waals surface area contributed by atoms with Crippen molar-refractivity contribution in [1.82, 2.24) is 10.2 Å². The largest absolute Gasteiger partial charge is 0.379 e. The zero-order chi connectivity index (χ0) is 12.8. The van der Waals surface area contributed by atoms with E-state index in [0.717, 1.165) is 45.5 Å². The van der Waals surface area contributed by atoms with Gasteiger partial charge < -0.3 is 10.1 Å². The molecular weight excluding hydrogens is 238 g/mol. The highest BCUT2D eigenvalue weighted by molar-refractivity contribution is 5.18. The molecule has 0 amide bonds. The molecule has 18 heavy (non-hydrogen) atoms. The highest BCUT2D eigenvalue weighted by Gasteiger charge is 2.09. The molecule has 2 rings (SSSR count). The zero-order valence-corrected chi connectivity index (χ0v) is 10.3. The van der Waals surface area contributed by atoms with Gasteiger partial charge in [-0.25, -0.2) is 8.78 Å². The molecule has 1 saturated heterocycles. The van der Waals surface area contributed by atoms with Gasteiger partial charge in [-0.15, -0.1) is 0 Å². The minimum absolute atomic E-state index is 0.427. The molecule has 1 heterocycles. The number of hydrogen-bond acceptors (Lipinski definition) is 3. The topological polar surface area (TPSA) is 24.5 Å². The molecule has 1 aliphatic rings. The average molecular weight is 256 g/mol. The highest BCUT2D eigenvalue weighted by Crippen LogP contribution is 2.08. The summed E-state index contributed by atoms with van der Waals surface area (Å²) in [6.45, 7) is 5.61. The Bertz CT molecular complexity index is 381. The van der Waals surface area contributed by atoms with Gasteiger partial charge >= 0.3 is 0 Å². The van der Waals surface area contributed by atoms with E-state index in [1.807, 2.05) is 0 Å². The molecule has 0 bridgehead atoms. The van der Waals surface area contributed by atoms with Crippen LogP contribution in [0.25, 0.3) is 0 Å². The first-order valence-corrected chi connectivity index (χ1v) is 6.20. The molecule has 5 heteroatoms. The van der Waals surface area contributed by atoms with Crippen molar-refractivity contribution in [2.45, 2.75) is 6.54 Å². The van der Waals surface area contributed by atoms with E-state index in [9.17, 15) is 8.78 Å². The quantitative estimate of drug-likeness (QED) is 0.806. The Kier molecular flexibility index (Phi) is 5.04. The second-order valence-electron chi connectivity index (χ2n) is 4.37. The number of rotatable bonds is 5. The molecule has 3 nitrogen and oxygen atoms in total. The summed E-state index contributed by atoms with van der Waals surface area (Å²) in [5.41, 5.74) is 0.498. The maximum atomic E-state index is 13.3. The molecule has 1 aromatic rings. The second kappa shape index (κ2) is 6.78. The Balaban J connectivity index is 1.68. The SMILES string of the molecule is Fc1ccc(CNCCN2CCOCC2)c(F)c1. The first kappa shape index (κ1) is 13.4. The van der Waals surface area contributed by atoms with Gasteiger partial charge in [-0.3, -0.25) is 4.90 Å². The summed E-state index contributed by atoms with van der Waals surface area (Å²) in [5, 5.41) is 3.16. The highest BCUT2D eigenvalue weighted by atomic mass is 19.1. The standard InChI is InChI=1S/C13H18F2N2O/c14-12-2-1-11(13(15)9-12)10-16-3-4-17-5-7-18-8-6-17/h1-2,9,16H,3-8,10H2. The number of benzene rings is 1. The fourth-order valence-corrected chi connectivity index (χ4v) is 1.95. The summed E-state index contributed by atoms with van der Waals surface area (Å²) in [6, 6.07) is 3.67. The minimum atomic E-state index is -0.537. The van der Waals surface area contributed by atoms with Crippen LogP contribution in [0.4, 0.5) is 8.78 Å². The van der Waals surface area contributed by atoms with Gasteiger partial charge in [0.05, 0.1) is 13.2 Å².